The Morgan fingerprint density at radius 1 is 1.04 bits per heavy atom. The molecule has 0 radical (unpaired) electrons. The van der Waals surface area contributed by atoms with Crippen molar-refractivity contribution in [1.82, 2.24) is 9.88 Å². The average molecular weight is 368 g/mol. The molecule has 1 N–H and O–H groups in total. The van der Waals surface area contributed by atoms with Crippen LogP contribution in [0.4, 0.5) is 0 Å². The first-order valence-corrected chi connectivity index (χ1v) is 9.29. The van der Waals surface area contributed by atoms with Crippen LogP contribution in [0.5, 0.6) is 11.5 Å². The van der Waals surface area contributed by atoms with Crippen LogP contribution in [-0.2, 0) is 7.05 Å². The first-order valence-electron chi connectivity index (χ1n) is 9.29. The van der Waals surface area contributed by atoms with Crippen molar-refractivity contribution in [3.63, 3.8) is 0 Å². The summed E-state index contributed by atoms with van der Waals surface area (Å²) >= 11 is 0. The lowest BCUT2D eigenvalue weighted by Gasteiger charge is -2.19. The summed E-state index contributed by atoms with van der Waals surface area (Å²) < 4.78 is 13.0. The molecular formula is C22H28N2O3. The molecule has 0 unspecified atom stereocenters. The van der Waals surface area contributed by atoms with Crippen molar-refractivity contribution in [3.8, 4) is 22.6 Å². The van der Waals surface area contributed by atoms with Crippen LogP contribution in [0, 0.1) is 13.8 Å². The van der Waals surface area contributed by atoms with Gasteiger partial charge in [-0.05, 0) is 69.1 Å². The Morgan fingerprint density at radius 3 is 2.19 bits per heavy atom. The van der Waals surface area contributed by atoms with Gasteiger partial charge < -0.3 is 19.4 Å². The number of aryl methyl sites for hydroxylation is 1. The molecule has 1 fully saturated rings. The van der Waals surface area contributed by atoms with Crippen molar-refractivity contribution in [1.29, 1.82) is 0 Å². The molecule has 0 atom stereocenters. The molecule has 1 aromatic carbocycles. The van der Waals surface area contributed by atoms with E-state index in [1.807, 2.05) is 32.2 Å². The number of pyridine rings is 1. The number of ether oxygens (including phenoxy) is 2. The normalized spacial score (nSPS) is 14.2. The molecule has 1 aromatic heterocycles. The lowest BCUT2D eigenvalue weighted by molar-refractivity contribution is 0.393. The van der Waals surface area contributed by atoms with Crippen molar-refractivity contribution >= 4 is 6.08 Å². The molecule has 2 heterocycles. The summed E-state index contributed by atoms with van der Waals surface area (Å²) in [7, 11) is 5.15. The van der Waals surface area contributed by atoms with Gasteiger partial charge in [0.15, 0.2) is 0 Å². The topological polar surface area (TPSA) is 52.5 Å². The van der Waals surface area contributed by atoms with Crippen LogP contribution in [0.3, 0.4) is 0 Å². The lowest BCUT2D eigenvalue weighted by Crippen LogP contribution is -2.23. The molecule has 0 aliphatic carbocycles. The summed E-state index contributed by atoms with van der Waals surface area (Å²) in [5.41, 5.74) is 6.12. The second-order valence-electron chi connectivity index (χ2n) is 7.06. The molecule has 144 valence electrons. The van der Waals surface area contributed by atoms with Gasteiger partial charge >= 0.3 is 0 Å². The minimum atomic E-state index is 0.0300. The molecule has 3 rings (SSSR count). The molecule has 0 bridgehead atoms. The zero-order valence-corrected chi connectivity index (χ0v) is 16.8. The maximum absolute atomic E-state index is 12.2. The number of nitrogens with one attached hydrogen (secondary N) is 1. The third-order valence-electron chi connectivity index (χ3n) is 5.38. The van der Waals surface area contributed by atoms with Crippen LogP contribution in [0.2, 0.25) is 0 Å². The van der Waals surface area contributed by atoms with E-state index in [1.165, 1.54) is 5.57 Å². The smallest absolute Gasteiger partial charge is 0.253 e. The number of rotatable bonds is 4. The van der Waals surface area contributed by atoms with E-state index in [0.29, 0.717) is 0 Å². The monoisotopic (exact) mass is 368 g/mol. The van der Waals surface area contributed by atoms with Crippen LogP contribution in [0.25, 0.3) is 17.2 Å². The van der Waals surface area contributed by atoms with E-state index in [2.05, 4.69) is 11.4 Å². The summed E-state index contributed by atoms with van der Waals surface area (Å²) in [6.07, 6.45) is 6.14. The zero-order valence-electron chi connectivity index (χ0n) is 16.8. The third kappa shape index (κ3) is 3.78. The van der Waals surface area contributed by atoms with Gasteiger partial charge in [-0.15, -0.1) is 0 Å². The number of hydrogen-bond donors (Lipinski definition) is 1. The molecule has 0 spiro atoms. The van der Waals surface area contributed by atoms with Gasteiger partial charge in [0.05, 0.1) is 19.8 Å². The first-order chi connectivity index (χ1) is 13.0. The number of hydrogen-bond acceptors (Lipinski definition) is 4. The highest BCUT2D eigenvalue weighted by atomic mass is 16.5. The Bertz CT molecular complexity index is 908. The summed E-state index contributed by atoms with van der Waals surface area (Å²) in [6, 6.07) is 4.06. The maximum atomic E-state index is 12.2. The molecule has 1 aliphatic heterocycles. The average Bonchev–Trinajstić information content (AvgIpc) is 2.70. The Morgan fingerprint density at radius 2 is 1.63 bits per heavy atom. The molecule has 1 aliphatic rings. The van der Waals surface area contributed by atoms with E-state index in [0.717, 1.165) is 65.2 Å². The molecule has 0 amide bonds. The minimum absolute atomic E-state index is 0.0300. The SMILES string of the molecule is COc1cc(-c2cn(C)c(=O)c(C)c2C)cc(OC)c1C=C1CCNCC1. The van der Waals surface area contributed by atoms with Crippen molar-refractivity contribution < 1.29 is 9.47 Å². The van der Waals surface area contributed by atoms with Crippen LogP contribution in [0.15, 0.2) is 28.7 Å². The summed E-state index contributed by atoms with van der Waals surface area (Å²) in [5.74, 6) is 1.56. The van der Waals surface area contributed by atoms with Gasteiger partial charge in [-0.2, -0.15) is 0 Å². The molecular weight excluding hydrogens is 340 g/mol. The quantitative estimate of drug-likeness (QED) is 0.898. The molecule has 2 aromatic rings. The summed E-state index contributed by atoms with van der Waals surface area (Å²) in [5, 5.41) is 3.38. The first kappa shape index (κ1) is 19.2. The van der Waals surface area contributed by atoms with Gasteiger partial charge in [-0.25, -0.2) is 0 Å². The highest BCUT2D eigenvalue weighted by molar-refractivity contribution is 5.77. The van der Waals surface area contributed by atoms with E-state index in [1.54, 1.807) is 25.8 Å². The Hall–Kier alpha value is -2.53. The highest BCUT2D eigenvalue weighted by Gasteiger charge is 2.16. The largest absolute Gasteiger partial charge is 0.496 e. The second-order valence-corrected chi connectivity index (χ2v) is 7.06. The number of nitrogens with zero attached hydrogens (tertiary/aromatic N) is 1. The Labute approximate surface area is 160 Å². The third-order valence-corrected chi connectivity index (χ3v) is 5.38. The fourth-order valence-electron chi connectivity index (χ4n) is 3.60. The van der Waals surface area contributed by atoms with Crippen molar-refractivity contribution in [2.24, 2.45) is 7.05 Å². The number of aromatic nitrogens is 1. The predicted octanol–water partition coefficient (Wildman–Crippen LogP) is 3.45. The van der Waals surface area contributed by atoms with E-state index >= 15 is 0 Å². The number of benzene rings is 1. The van der Waals surface area contributed by atoms with E-state index < -0.39 is 0 Å². The van der Waals surface area contributed by atoms with E-state index in [4.69, 9.17) is 9.47 Å². The van der Waals surface area contributed by atoms with Gasteiger partial charge in [0, 0.05) is 24.4 Å². The van der Waals surface area contributed by atoms with E-state index in [-0.39, 0.29) is 5.56 Å². The molecule has 5 nitrogen and oxygen atoms in total. The molecule has 5 heteroatoms. The molecule has 0 saturated carbocycles. The molecule has 27 heavy (non-hydrogen) atoms. The molecule has 1 saturated heterocycles. The summed E-state index contributed by atoms with van der Waals surface area (Å²) in [4.78, 5) is 12.2. The number of piperidine rings is 1. The second kappa shape index (κ2) is 8.01. The number of methoxy groups -OCH3 is 2. The highest BCUT2D eigenvalue weighted by Crippen LogP contribution is 2.38. The Balaban J connectivity index is 2.16. The van der Waals surface area contributed by atoms with Gasteiger partial charge in [0.25, 0.3) is 5.56 Å². The van der Waals surface area contributed by atoms with Gasteiger partial charge in [-0.1, -0.05) is 5.57 Å². The lowest BCUT2D eigenvalue weighted by atomic mass is 9.95. The summed E-state index contributed by atoms with van der Waals surface area (Å²) in [6.45, 7) is 5.86. The van der Waals surface area contributed by atoms with Crippen molar-refractivity contribution in [2.45, 2.75) is 26.7 Å². The minimum Gasteiger partial charge on any atom is -0.496 e. The van der Waals surface area contributed by atoms with Crippen LogP contribution in [-0.4, -0.2) is 31.9 Å². The Kier molecular flexibility index (Phi) is 5.71. The van der Waals surface area contributed by atoms with Crippen molar-refractivity contribution in [2.75, 3.05) is 27.3 Å². The standard InChI is InChI=1S/C22H28N2O3/c1-14-15(2)22(25)24(3)13-19(14)17-11-20(26-4)18(21(12-17)27-5)10-16-6-8-23-9-7-16/h10-13,23H,6-9H2,1-5H3. The maximum Gasteiger partial charge on any atom is 0.253 e. The van der Waals surface area contributed by atoms with Crippen LogP contribution in [0.1, 0.15) is 29.5 Å². The predicted molar refractivity (Wildman–Crippen MR) is 110 cm³/mol. The fourth-order valence-corrected chi connectivity index (χ4v) is 3.60. The van der Waals surface area contributed by atoms with E-state index in [9.17, 15) is 4.79 Å². The van der Waals surface area contributed by atoms with Crippen LogP contribution >= 0.6 is 0 Å². The van der Waals surface area contributed by atoms with Gasteiger partial charge in [0.1, 0.15) is 11.5 Å². The van der Waals surface area contributed by atoms with Crippen molar-refractivity contribution in [3.05, 3.63) is 50.9 Å². The fraction of sp³-hybridized carbons (Fsp3) is 0.409. The van der Waals surface area contributed by atoms with Crippen LogP contribution < -0.4 is 20.3 Å². The zero-order chi connectivity index (χ0) is 19.6. The van der Waals surface area contributed by atoms with Gasteiger partial charge in [-0.3, -0.25) is 4.79 Å². The van der Waals surface area contributed by atoms with Gasteiger partial charge in [0.2, 0.25) is 0 Å².